The number of benzene rings is 4. The molecular weight excluding hydrogens is 568 g/mol. The van der Waals surface area contributed by atoms with Crippen LogP contribution in [0, 0.1) is 0 Å². The molecular formula is C42H42O4. The van der Waals surface area contributed by atoms with Crippen molar-refractivity contribution < 1.29 is 19.2 Å². The fraction of sp³-hybridized carbons (Fsp3) is 0.333. The number of aryl methyl sites for hydroxylation is 1. The maximum atomic E-state index is 12.3. The largest absolute Gasteiger partial charge is 0.298 e. The number of fused-ring (bicyclic) bond motifs is 2. The van der Waals surface area contributed by atoms with E-state index in [1.54, 1.807) is 20.8 Å². The normalized spacial score (nSPS) is 23.8. The number of Topliss-reactive ketones (excluding diaryl/α,β-unsaturated/α-hetero) is 3. The first-order valence-electron chi connectivity index (χ1n) is 16.5. The molecule has 0 heterocycles. The van der Waals surface area contributed by atoms with E-state index >= 15 is 0 Å². The van der Waals surface area contributed by atoms with E-state index in [0.717, 1.165) is 68.8 Å². The molecule has 4 aromatic carbocycles. The SMILES string of the molecule is CC(=O)c1ccc(C23CCCC(c4ccc(C(C)=O)cc4)(C2)CC(CCc2ccc(C=O)cc2)(c2ccc(C(C)=O)cc2)C3)cc1. The molecule has 0 N–H and O–H groups in total. The molecule has 6 rings (SSSR count). The van der Waals surface area contributed by atoms with E-state index in [4.69, 9.17) is 0 Å². The highest BCUT2D eigenvalue weighted by Gasteiger charge is 2.57. The third-order valence-electron chi connectivity index (χ3n) is 11.1. The molecule has 0 aliphatic heterocycles. The summed E-state index contributed by atoms with van der Waals surface area (Å²) in [5.41, 5.74) is 7.38. The van der Waals surface area contributed by atoms with E-state index in [9.17, 15) is 19.2 Å². The lowest BCUT2D eigenvalue weighted by molar-refractivity contribution is 0.0459. The van der Waals surface area contributed by atoms with Crippen LogP contribution < -0.4 is 0 Å². The second kappa shape index (κ2) is 12.4. The van der Waals surface area contributed by atoms with E-state index in [1.807, 2.05) is 48.5 Å². The van der Waals surface area contributed by atoms with Gasteiger partial charge in [-0.25, -0.2) is 0 Å². The molecule has 0 saturated heterocycles. The maximum Gasteiger partial charge on any atom is 0.159 e. The highest BCUT2D eigenvalue weighted by atomic mass is 16.1. The fourth-order valence-electron chi connectivity index (χ4n) is 8.79. The summed E-state index contributed by atoms with van der Waals surface area (Å²) in [5.74, 6) is 0.189. The van der Waals surface area contributed by atoms with E-state index in [2.05, 4.69) is 48.5 Å². The van der Waals surface area contributed by atoms with Crippen molar-refractivity contribution in [1.82, 2.24) is 0 Å². The van der Waals surface area contributed by atoms with Gasteiger partial charge in [0.1, 0.15) is 6.29 Å². The van der Waals surface area contributed by atoms with Crippen LogP contribution >= 0.6 is 0 Å². The fourth-order valence-corrected chi connectivity index (χ4v) is 8.79. The van der Waals surface area contributed by atoms with Crippen LogP contribution in [0.4, 0.5) is 0 Å². The molecule has 2 atom stereocenters. The first kappa shape index (κ1) is 31.5. The monoisotopic (exact) mass is 610 g/mol. The lowest BCUT2D eigenvalue weighted by atomic mass is 9.43. The van der Waals surface area contributed by atoms with E-state index < -0.39 is 0 Å². The van der Waals surface area contributed by atoms with E-state index in [-0.39, 0.29) is 33.6 Å². The molecule has 46 heavy (non-hydrogen) atoms. The van der Waals surface area contributed by atoms with Crippen LogP contribution in [0.25, 0.3) is 0 Å². The smallest absolute Gasteiger partial charge is 0.159 e. The summed E-state index contributed by atoms with van der Waals surface area (Å²) in [5, 5.41) is 0. The highest BCUT2D eigenvalue weighted by molar-refractivity contribution is 5.95. The molecule has 0 radical (unpaired) electrons. The van der Waals surface area contributed by atoms with Crippen molar-refractivity contribution in [3.63, 3.8) is 0 Å². The van der Waals surface area contributed by atoms with Gasteiger partial charge < -0.3 is 0 Å². The Kier molecular flexibility index (Phi) is 8.50. The summed E-state index contributed by atoms with van der Waals surface area (Å²) in [6.07, 6.45) is 8.76. The zero-order chi connectivity index (χ0) is 32.5. The lowest BCUT2D eigenvalue weighted by Gasteiger charge is -2.60. The third kappa shape index (κ3) is 5.93. The third-order valence-corrected chi connectivity index (χ3v) is 11.1. The maximum absolute atomic E-state index is 12.3. The van der Waals surface area contributed by atoms with Crippen LogP contribution in [-0.4, -0.2) is 23.6 Å². The molecule has 2 aliphatic carbocycles. The number of hydrogen-bond donors (Lipinski definition) is 0. The average molecular weight is 611 g/mol. The minimum Gasteiger partial charge on any atom is -0.298 e. The van der Waals surface area contributed by atoms with Crippen LogP contribution in [0.5, 0.6) is 0 Å². The predicted octanol–water partition coefficient (Wildman–Crippen LogP) is 9.22. The van der Waals surface area contributed by atoms with Gasteiger partial charge >= 0.3 is 0 Å². The van der Waals surface area contributed by atoms with Crippen molar-refractivity contribution in [2.45, 2.75) is 88.4 Å². The Hall–Kier alpha value is -4.44. The van der Waals surface area contributed by atoms with Crippen LogP contribution in [0.15, 0.2) is 97.1 Å². The standard InChI is InChI=1S/C42H42O4/c1-29(44)34-9-15-37(16-10-34)40-22-4-23-41(26-40,38-17-11-35(12-18-38)30(2)45)28-42(27-40,39-19-13-36(14-20-39)31(3)46)24-21-32-5-7-33(25-43)8-6-32/h5-20,25H,4,21-24,26-28H2,1-3H3. The van der Waals surface area contributed by atoms with E-state index in [1.165, 1.54) is 22.3 Å². The topological polar surface area (TPSA) is 68.3 Å². The Morgan fingerprint density at radius 2 is 0.978 bits per heavy atom. The van der Waals surface area contributed by atoms with Gasteiger partial charge in [-0.05, 0) is 104 Å². The Labute approximate surface area is 272 Å². The Morgan fingerprint density at radius 3 is 1.37 bits per heavy atom. The minimum atomic E-state index is -0.212. The average Bonchev–Trinajstić information content (AvgIpc) is 3.07. The second-order valence-electron chi connectivity index (χ2n) is 14.0. The minimum absolute atomic E-state index is 0.0560. The number of carbonyl (C=O) groups excluding carboxylic acids is 4. The number of rotatable bonds is 10. The molecule has 0 aromatic heterocycles. The Morgan fingerprint density at radius 1 is 0.565 bits per heavy atom. The highest BCUT2D eigenvalue weighted by Crippen LogP contribution is 2.64. The molecule has 4 aromatic rings. The second-order valence-corrected chi connectivity index (χ2v) is 14.0. The molecule has 2 unspecified atom stereocenters. The first-order chi connectivity index (χ1) is 22.1. The van der Waals surface area contributed by atoms with Crippen molar-refractivity contribution >= 4 is 23.6 Å². The van der Waals surface area contributed by atoms with Crippen LogP contribution in [0.2, 0.25) is 0 Å². The van der Waals surface area contributed by atoms with Gasteiger partial charge in [0.25, 0.3) is 0 Å². The molecule has 2 bridgehead atoms. The summed E-state index contributed by atoms with van der Waals surface area (Å²) >= 11 is 0. The van der Waals surface area contributed by atoms with Crippen molar-refractivity contribution in [3.05, 3.63) is 142 Å². The van der Waals surface area contributed by atoms with Crippen LogP contribution in [-0.2, 0) is 22.7 Å². The molecule has 4 heteroatoms. The number of hydrogen-bond acceptors (Lipinski definition) is 4. The molecule has 2 aliphatic rings. The van der Waals surface area contributed by atoms with Gasteiger partial charge in [0.2, 0.25) is 0 Å². The summed E-state index contributed by atoms with van der Waals surface area (Å²) < 4.78 is 0. The molecule has 0 amide bonds. The molecule has 0 spiro atoms. The van der Waals surface area contributed by atoms with Crippen molar-refractivity contribution in [2.24, 2.45) is 0 Å². The molecule has 4 nitrogen and oxygen atoms in total. The summed E-state index contributed by atoms with van der Waals surface area (Å²) in [6.45, 7) is 4.83. The Bertz CT molecular complexity index is 1690. The molecule has 234 valence electrons. The first-order valence-corrected chi connectivity index (χ1v) is 16.5. The number of aldehydes is 1. The predicted molar refractivity (Wildman–Crippen MR) is 182 cm³/mol. The lowest BCUT2D eigenvalue weighted by Crippen LogP contribution is -2.55. The summed E-state index contributed by atoms with van der Waals surface area (Å²) in [7, 11) is 0. The quantitative estimate of drug-likeness (QED) is 0.133. The van der Waals surface area contributed by atoms with Crippen molar-refractivity contribution in [1.29, 1.82) is 0 Å². The number of ketones is 3. The van der Waals surface area contributed by atoms with Gasteiger partial charge in [-0.3, -0.25) is 19.2 Å². The number of carbonyl (C=O) groups is 4. The zero-order valence-electron chi connectivity index (χ0n) is 27.1. The van der Waals surface area contributed by atoms with E-state index in [0.29, 0.717) is 11.1 Å². The van der Waals surface area contributed by atoms with Gasteiger partial charge in [0, 0.05) is 22.3 Å². The zero-order valence-corrected chi connectivity index (χ0v) is 27.1. The summed E-state index contributed by atoms with van der Waals surface area (Å²) in [6, 6.07) is 32.9. The van der Waals surface area contributed by atoms with Gasteiger partial charge in [-0.15, -0.1) is 0 Å². The van der Waals surface area contributed by atoms with Crippen molar-refractivity contribution in [3.8, 4) is 0 Å². The van der Waals surface area contributed by atoms with Crippen LogP contribution in [0.3, 0.4) is 0 Å². The van der Waals surface area contributed by atoms with Crippen LogP contribution in [0.1, 0.15) is 129 Å². The summed E-state index contributed by atoms with van der Waals surface area (Å²) in [4.78, 5) is 48.1. The van der Waals surface area contributed by atoms with Gasteiger partial charge in [0.05, 0.1) is 0 Å². The Balaban J connectivity index is 1.52. The molecule has 2 saturated carbocycles. The van der Waals surface area contributed by atoms with Gasteiger partial charge in [-0.1, -0.05) is 103 Å². The van der Waals surface area contributed by atoms with Crippen molar-refractivity contribution in [2.75, 3.05) is 0 Å². The molecule has 2 fully saturated rings. The van der Waals surface area contributed by atoms with Gasteiger partial charge in [0.15, 0.2) is 17.3 Å². The van der Waals surface area contributed by atoms with Gasteiger partial charge in [-0.2, -0.15) is 0 Å².